The topological polar surface area (TPSA) is 104 Å². The Bertz CT molecular complexity index is 1290. The minimum Gasteiger partial charge on any atom is -0.454 e. The fraction of sp³-hybridized carbons (Fsp3) is 0.333. The second-order valence-corrected chi connectivity index (χ2v) is 9.66. The third-order valence-electron chi connectivity index (χ3n) is 5.57. The van der Waals surface area contributed by atoms with Gasteiger partial charge in [-0.25, -0.2) is 8.42 Å². The van der Waals surface area contributed by atoms with Gasteiger partial charge >= 0.3 is 6.36 Å². The van der Waals surface area contributed by atoms with Crippen molar-refractivity contribution in [2.45, 2.75) is 30.0 Å². The second kappa shape index (κ2) is 8.47. The third-order valence-corrected chi connectivity index (χ3v) is 7.48. The fourth-order valence-electron chi connectivity index (χ4n) is 3.86. The molecule has 1 saturated heterocycles. The van der Waals surface area contributed by atoms with Crippen LogP contribution in [0.15, 0.2) is 51.9 Å². The van der Waals surface area contributed by atoms with Gasteiger partial charge in [-0.05, 0) is 55.3 Å². The number of ether oxygens (including phenoxy) is 3. The Kier molecular flexibility index (Phi) is 5.60. The number of fused-ring (bicyclic) bond motifs is 1. The highest BCUT2D eigenvalue weighted by Gasteiger charge is 2.34. The molecule has 0 N–H and O–H groups in total. The lowest BCUT2D eigenvalue weighted by Crippen LogP contribution is -2.37. The van der Waals surface area contributed by atoms with Crippen LogP contribution in [0.4, 0.5) is 13.2 Å². The third kappa shape index (κ3) is 4.53. The van der Waals surface area contributed by atoms with E-state index in [0.29, 0.717) is 41.6 Å². The first kappa shape index (κ1) is 22.5. The maximum absolute atomic E-state index is 12.9. The van der Waals surface area contributed by atoms with Crippen LogP contribution in [-0.2, 0) is 10.0 Å². The molecule has 3 heterocycles. The van der Waals surface area contributed by atoms with E-state index in [9.17, 15) is 21.6 Å². The van der Waals surface area contributed by atoms with E-state index in [1.54, 1.807) is 18.2 Å². The van der Waals surface area contributed by atoms with Gasteiger partial charge in [0, 0.05) is 24.6 Å². The number of aromatic nitrogens is 2. The molecule has 0 spiro atoms. The van der Waals surface area contributed by atoms with Crippen LogP contribution in [0.1, 0.15) is 24.7 Å². The summed E-state index contributed by atoms with van der Waals surface area (Å²) < 4.78 is 83.9. The molecule has 0 amide bonds. The Morgan fingerprint density at radius 1 is 1.00 bits per heavy atom. The molecule has 13 heteroatoms. The lowest BCUT2D eigenvalue weighted by atomic mass is 9.98. The maximum Gasteiger partial charge on any atom is 0.573 e. The van der Waals surface area contributed by atoms with Gasteiger partial charge in [-0.15, -0.1) is 13.2 Å². The largest absolute Gasteiger partial charge is 0.573 e. The summed E-state index contributed by atoms with van der Waals surface area (Å²) in [5.41, 5.74) is 0.706. The van der Waals surface area contributed by atoms with Crippen molar-refractivity contribution < 1.29 is 40.3 Å². The molecule has 34 heavy (non-hydrogen) atoms. The highest BCUT2D eigenvalue weighted by atomic mass is 32.2. The molecule has 2 aliphatic heterocycles. The van der Waals surface area contributed by atoms with Gasteiger partial charge in [0.05, 0.1) is 4.90 Å². The normalized spacial score (nSPS) is 17.1. The lowest BCUT2D eigenvalue weighted by molar-refractivity contribution is -0.274. The summed E-state index contributed by atoms with van der Waals surface area (Å²) in [6.07, 6.45) is -3.94. The van der Waals surface area contributed by atoms with Crippen molar-refractivity contribution in [3.63, 3.8) is 0 Å². The van der Waals surface area contributed by atoms with Crippen LogP contribution in [0.2, 0.25) is 0 Å². The predicted octanol–water partition coefficient (Wildman–Crippen LogP) is 3.93. The molecule has 9 nitrogen and oxygen atoms in total. The molecule has 0 aliphatic carbocycles. The summed E-state index contributed by atoms with van der Waals surface area (Å²) in [6, 6.07) is 9.46. The van der Waals surface area contributed by atoms with Gasteiger partial charge in [0.25, 0.3) is 0 Å². The molecule has 0 bridgehead atoms. The van der Waals surface area contributed by atoms with Crippen LogP contribution in [0, 0.1) is 0 Å². The van der Waals surface area contributed by atoms with E-state index in [2.05, 4.69) is 14.9 Å². The molecule has 2 aliphatic rings. The minimum absolute atomic E-state index is 0.108. The Hall–Kier alpha value is -3.32. The van der Waals surface area contributed by atoms with Crippen molar-refractivity contribution in [3.05, 3.63) is 48.4 Å². The first-order chi connectivity index (χ1) is 16.2. The van der Waals surface area contributed by atoms with Crippen LogP contribution < -0.4 is 14.2 Å². The van der Waals surface area contributed by atoms with E-state index in [1.807, 2.05) is 0 Å². The van der Waals surface area contributed by atoms with Crippen LogP contribution in [0.3, 0.4) is 0 Å². The van der Waals surface area contributed by atoms with Gasteiger partial charge in [-0.3, -0.25) is 0 Å². The molecule has 3 aromatic rings. The minimum atomic E-state index is -4.85. The highest BCUT2D eigenvalue weighted by Crippen LogP contribution is 2.36. The molecular weight excluding hydrogens is 479 g/mol. The number of alkyl halides is 3. The van der Waals surface area contributed by atoms with Crippen molar-refractivity contribution in [1.82, 2.24) is 14.4 Å². The molecular formula is C21H18F3N3O6S. The van der Waals surface area contributed by atoms with E-state index in [0.717, 1.165) is 24.3 Å². The number of sulfonamides is 1. The molecule has 0 atom stereocenters. The van der Waals surface area contributed by atoms with Crippen molar-refractivity contribution in [3.8, 4) is 28.6 Å². The first-order valence-corrected chi connectivity index (χ1v) is 11.7. The van der Waals surface area contributed by atoms with E-state index < -0.39 is 22.1 Å². The van der Waals surface area contributed by atoms with Gasteiger partial charge in [0.2, 0.25) is 28.5 Å². The van der Waals surface area contributed by atoms with Gasteiger partial charge in [0.1, 0.15) is 5.75 Å². The van der Waals surface area contributed by atoms with Crippen LogP contribution >= 0.6 is 0 Å². The monoisotopic (exact) mass is 497 g/mol. The lowest BCUT2D eigenvalue weighted by Gasteiger charge is -2.29. The van der Waals surface area contributed by atoms with Gasteiger partial charge in [0.15, 0.2) is 11.5 Å². The summed E-state index contributed by atoms with van der Waals surface area (Å²) in [4.78, 5) is 4.36. The SMILES string of the molecule is O=S(=O)(c1ccc(OC(F)(F)F)cc1)N1CCC(c2nc(-c3ccc4c(c3)OCO4)no2)CC1. The Labute approximate surface area is 192 Å². The molecule has 0 radical (unpaired) electrons. The van der Waals surface area contributed by atoms with Crippen LogP contribution in [0.25, 0.3) is 11.4 Å². The maximum atomic E-state index is 12.9. The molecule has 1 fully saturated rings. The molecule has 2 aromatic carbocycles. The zero-order valence-electron chi connectivity index (χ0n) is 17.5. The van der Waals surface area contributed by atoms with Crippen molar-refractivity contribution in [2.75, 3.05) is 19.9 Å². The quantitative estimate of drug-likeness (QED) is 0.522. The van der Waals surface area contributed by atoms with Gasteiger partial charge < -0.3 is 18.7 Å². The molecule has 1 aromatic heterocycles. The number of piperidine rings is 1. The van der Waals surface area contributed by atoms with E-state index in [4.69, 9.17) is 14.0 Å². The van der Waals surface area contributed by atoms with Gasteiger partial charge in [-0.1, -0.05) is 5.16 Å². The zero-order valence-corrected chi connectivity index (χ0v) is 18.3. The van der Waals surface area contributed by atoms with Crippen LogP contribution in [-0.4, -0.2) is 49.1 Å². The summed E-state index contributed by atoms with van der Waals surface area (Å²) in [6.45, 7) is 0.564. The molecule has 5 rings (SSSR count). The average molecular weight is 497 g/mol. The number of rotatable bonds is 5. The standard InChI is InChI=1S/C21H18F3N3O6S/c22-21(23,24)32-15-2-4-16(5-3-15)34(28,29)27-9-7-13(8-10-27)20-25-19(26-33-20)14-1-6-17-18(11-14)31-12-30-17/h1-6,11,13H,7-10,12H2. The van der Waals surface area contributed by atoms with Gasteiger partial charge in [-0.2, -0.15) is 9.29 Å². The predicted molar refractivity (Wildman–Crippen MR) is 110 cm³/mol. The molecule has 0 saturated carbocycles. The number of hydrogen-bond acceptors (Lipinski definition) is 8. The number of benzene rings is 2. The van der Waals surface area contributed by atoms with E-state index >= 15 is 0 Å². The Morgan fingerprint density at radius 2 is 1.71 bits per heavy atom. The number of hydrogen-bond donors (Lipinski definition) is 0. The molecule has 180 valence electrons. The van der Waals surface area contributed by atoms with Crippen molar-refractivity contribution in [2.24, 2.45) is 0 Å². The van der Waals surface area contributed by atoms with E-state index in [1.165, 1.54) is 4.31 Å². The number of nitrogens with zero attached hydrogens (tertiary/aromatic N) is 3. The highest BCUT2D eigenvalue weighted by molar-refractivity contribution is 7.89. The zero-order chi connectivity index (χ0) is 23.9. The summed E-state index contributed by atoms with van der Waals surface area (Å²) >= 11 is 0. The smallest absolute Gasteiger partial charge is 0.454 e. The second-order valence-electron chi connectivity index (χ2n) is 7.72. The summed E-state index contributed by atoms with van der Waals surface area (Å²) in [5, 5.41) is 4.03. The van der Waals surface area contributed by atoms with Crippen molar-refractivity contribution >= 4 is 10.0 Å². The Balaban J connectivity index is 1.23. The first-order valence-electron chi connectivity index (χ1n) is 10.3. The van der Waals surface area contributed by atoms with Crippen LogP contribution in [0.5, 0.6) is 17.2 Å². The fourth-order valence-corrected chi connectivity index (χ4v) is 5.33. The number of halogens is 3. The Morgan fingerprint density at radius 3 is 2.41 bits per heavy atom. The average Bonchev–Trinajstić information content (AvgIpc) is 3.48. The van der Waals surface area contributed by atoms with E-state index in [-0.39, 0.29) is 30.7 Å². The molecule has 0 unspecified atom stereocenters. The summed E-state index contributed by atoms with van der Waals surface area (Å²) in [7, 11) is -3.87. The van der Waals surface area contributed by atoms with Crippen molar-refractivity contribution in [1.29, 1.82) is 0 Å². The summed E-state index contributed by atoms with van der Waals surface area (Å²) in [5.74, 6) is 1.44.